The van der Waals surface area contributed by atoms with Crippen molar-refractivity contribution in [1.29, 1.82) is 0 Å². The number of benzene rings is 1. The van der Waals surface area contributed by atoms with Crippen LogP contribution in [0.2, 0.25) is 0 Å². The molecule has 1 saturated carbocycles. The minimum absolute atomic E-state index is 0.0292. The Labute approximate surface area is 157 Å². The van der Waals surface area contributed by atoms with Crippen molar-refractivity contribution in [2.75, 3.05) is 6.54 Å². The van der Waals surface area contributed by atoms with Crippen LogP contribution in [-0.4, -0.2) is 35.2 Å². The molecule has 2 fully saturated rings. The van der Waals surface area contributed by atoms with E-state index in [4.69, 9.17) is 4.42 Å². The third-order valence-electron chi connectivity index (χ3n) is 5.64. The lowest BCUT2D eigenvalue weighted by Gasteiger charge is -2.23. The lowest BCUT2D eigenvalue weighted by atomic mass is 10.1. The van der Waals surface area contributed by atoms with E-state index in [0.717, 1.165) is 36.6 Å². The molecule has 1 atom stereocenters. The van der Waals surface area contributed by atoms with Crippen LogP contribution in [0, 0.1) is 12.8 Å². The van der Waals surface area contributed by atoms with Gasteiger partial charge in [-0.25, -0.2) is 0 Å². The highest BCUT2D eigenvalue weighted by molar-refractivity contribution is 6.00. The van der Waals surface area contributed by atoms with Gasteiger partial charge < -0.3 is 9.32 Å². The van der Waals surface area contributed by atoms with Gasteiger partial charge in [-0.2, -0.15) is 0 Å². The summed E-state index contributed by atoms with van der Waals surface area (Å²) in [4.78, 5) is 38.9. The van der Waals surface area contributed by atoms with Gasteiger partial charge in [-0.05, 0) is 25.8 Å². The Balaban J connectivity index is 1.36. The Bertz CT molecular complexity index is 898. The number of furan rings is 1. The number of rotatable bonds is 3. The number of nitrogens with one attached hydrogen (secondary N) is 2. The van der Waals surface area contributed by atoms with Crippen LogP contribution in [0.4, 0.5) is 0 Å². The van der Waals surface area contributed by atoms with Gasteiger partial charge in [0.2, 0.25) is 11.8 Å². The highest BCUT2D eigenvalue weighted by Gasteiger charge is 2.38. The maximum absolute atomic E-state index is 12.4. The summed E-state index contributed by atoms with van der Waals surface area (Å²) in [6, 6.07) is 7.65. The smallest absolute Gasteiger partial charge is 0.305 e. The molecule has 2 aromatic rings. The Morgan fingerprint density at radius 2 is 1.89 bits per heavy atom. The Hall–Kier alpha value is -2.83. The first-order valence-corrected chi connectivity index (χ1v) is 9.42. The molecule has 2 heterocycles. The Morgan fingerprint density at radius 1 is 1.15 bits per heavy atom. The number of para-hydroxylation sites is 1. The number of amides is 3. The van der Waals surface area contributed by atoms with Crippen molar-refractivity contribution >= 4 is 28.7 Å². The molecular weight excluding hydrogens is 346 g/mol. The van der Waals surface area contributed by atoms with Gasteiger partial charge >= 0.3 is 5.91 Å². The average Bonchev–Trinajstić information content (AvgIpc) is 3.39. The van der Waals surface area contributed by atoms with Crippen LogP contribution < -0.4 is 10.9 Å². The summed E-state index contributed by atoms with van der Waals surface area (Å²) in [6.45, 7) is 2.23. The second kappa shape index (κ2) is 7.06. The van der Waals surface area contributed by atoms with Gasteiger partial charge in [0.1, 0.15) is 5.58 Å². The number of hydrogen-bond acceptors (Lipinski definition) is 4. The fourth-order valence-corrected chi connectivity index (χ4v) is 4.14. The van der Waals surface area contributed by atoms with Gasteiger partial charge in [-0.1, -0.05) is 31.0 Å². The lowest BCUT2D eigenvalue weighted by Crippen LogP contribution is -2.45. The summed E-state index contributed by atoms with van der Waals surface area (Å²) >= 11 is 0. The molecule has 0 radical (unpaired) electrons. The molecule has 1 aromatic heterocycles. The molecule has 1 unspecified atom stereocenters. The van der Waals surface area contributed by atoms with Gasteiger partial charge in [0.25, 0.3) is 0 Å². The highest BCUT2D eigenvalue weighted by atomic mass is 16.3. The monoisotopic (exact) mass is 369 g/mol. The van der Waals surface area contributed by atoms with Crippen molar-refractivity contribution < 1.29 is 18.8 Å². The standard InChI is InChI=1S/C20H23N3O4/c1-12-15-8-4-5-9-16(15)27-18(12)20(26)22-21-19(25)13-10-17(24)23(11-13)14-6-2-3-7-14/h4-5,8-9,13-14H,2-3,6-7,10-11H2,1H3,(H,21,25)(H,22,26). The molecule has 27 heavy (non-hydrogen) atoms. The van der Waals surface area contributed by atoms with Crippen LogP contribution >= 0.6 is 0 Å². The molecule has 7 heteroatoms. The minimum atomic E-state index is -0.506. The predicted octanol–water partition coefficient (Wildman–Crippen LogP) is 2.29. The van der Waals surface area contributed by atoms with Gasteiger partial charge in [0, 0.05) is 30.0 Å². The number of fused-ring (bicyclic) bond motifs is 1. The molecule has 1 aliphatic heterocycles. The maximum atomic E-state index is 12.4. The first-order chi connectivity index (χ1) is 13.0. The molecule has 3 amide bonds. The molecule has 7 nitrogen and oxygen atoms in total. The molecule has 142 valence electrons. The van der Waals surface area contributed by atoms with Crippen molar-refractivity contribution in [2.24, 2.45) is 5.92 Å². The first kappa shape index (κ1) is 17.6. The number of aryl methyl sites for hydroxylation is 1. The van der Waals surface area contributed by atoms with Crippen molar-refractivity contribution in [3.8, 4) is 0 Å². The summed E-state index contributed by atoms with van der Waals surface area (Å²) in [7, 11) is 0. The molecule has 1 saturated heterocycles. The van der Waals surface area contributed by atoms with E-state index in [1.807, 2.05) is 23.1 Å². The number of carbonyl (C=O) groups is 3. The van der Waals surface area contributed by atoms with E-state index in [1.54, 1.807) is 13.0 Å². The lowest BCUT2D eigenvalue weighted by molar-refractivity contribution is -0.130. The van der Waals surface area contributed by atoms with Crippen LogP contribution in [0.1, 0.15) is 48.2 Å². The van der Waals surface area contributed by atoms with Gasteiger partial charge in [-0.15, -0.1) is 0 Å². The number of likely N-dealkylation sites (tertiary alicyclic amines) is 1. The first-order valence-electron chi connectivity index (χ1n) is 9.42. The van der Waals surface area contributed by atoms with Gasteiger partial charge in [0.15, 0.2) is 5.76 Å². The molecule has 0 bridgehead atoms. The van der Waals surface area contributed by atoms with E-state index < -0.39 is 11.8 Å². The zero-order valence-corrected chi connectivity index (χ0v) is 15.3. The van der Waals surface area contributed by atoms with Gasteiger partial charge in [0.05, 0.1) is 5.92 Å². The molecule has 1 aliphatic carbocycles. The molecule has 1 aromatic carbocycles. The zero-order valence-electron chi connectivity index (χ0n) is 15.3. The summed E-state index contributed by atoms with van der Waals surface area (Å²) < 4.78 is 5.59. The number of carbonyl (C=O) groups excluding carboxylic acids is 3. The SMILES string of the molecule is Cc1c(C(=O)NNC(=O)C2CC(=O)N(C3CCCC3)C2)oc2ccccc12. The molecule has 2 aliphatic rings. The van der Waals surface area contributed by atoms with Crippen molar-refractivity contribution in [1.82, 2.24) is 15.8 Å². The summed E-state index contributed by atoms with van der Waals surface area (Å²) in [5.41, 5.74) is 6.21. The minimum Gasteiger partial charge on any atom is -0.451 e. The quantitative estimate of drug-likeness (QED) is 0.812. The van der Waals surface area contributed by atoms with Gasteiger partial charge in [-0.3, -0.25) is 25.2 Å². The van der Waals surface area contributed by atoms with E-state index in [-0.39, 0.29) is 30.0 Å². The molecule has 4 rings (SSSR count). The fourth-order valence-electron chi connectivity index (χ4n) is 4.14. The normalized spacial score (nSPS) is 20.4. The molecular formula is C20H23N3O4. The van der Waals surface area contributed by atoms with Crippen LogP contribution in [0.3, 0.4) is 0 Å². The summed E-state index contributed by atoms with van der Waals surface area (Å²) in [5, 5.41) is 0.863. The fraction of sp³-hybridized carbons (Fsp3) is 0.450. The zero-order chi connectivity index (χ0) is 19.0. The molecule has 2 N–H and O–H groups in total. The second-order valence-corrected chi connectivity index (χ2v) is 7.38. The highest BCUT2D eigenvalue weighted by Crippen LogP contribution is 2.29. The van der Waals surface area contributed by atoms with Crippen molar-refractivity contribution in [3.63, 3.8) is 0 Å². The third-order valence-corrected chi connectivity index (χ3v) is 5.64. The van der Waals surface area contributed by atoms with Crippen molar-refractivity contribution in [2.45, 2.75) is 45.1 Å². The van der Waals surface area contributed by atoms with E-state index in [1.165, 1.54) is 0 Å². The summed E-state index contributed by atoms with van der Waals surface area (Å²) in [6.07, 6.45) is 4.50. The van der Waals surface area contributed by atoms with Crippen LogP contribution in [-0.2, 0) is 9.59 Å². The Kier molecular flexibility index (Phi) is 4.59. The van der Waals surface area contributed by atoms with E-state index in [2.05, 4.69) is 10.9 Å². The maximum Gasteiger partial charge on any atom is 0.305 e. The summed E-state index contributed by atoms with van der Waals surface area (Å²) in [5.74, 6) is -1.08. The van der Waals surface area contributed by atoms with Crippen molar-refractivity contribution in [3.05, 3.63) is 35.6 Å². The average molecular weight is 369 g/mol. The second-order valence-electron chi connectivity index (χ2n) is 7.38. The predicted molar refractivity (Wildman–Crippen MR) is 98.6 cm³/mol. The number of nitrogens with zero attached hydrogens (tertiary/aromatic N) is 1. The topological polar surface area (TPSA) is 91.7 Å². The van der Waals surface area contributed by atoms with Crippen LogP contribution in [0.15, 0.2) is 28.7 Å². The largest absolute Gasteiger partial charge is 0.451 e. The van der Waals surface area contributed by atoms with E-state index in [9.17, 15) is 14.4 Å². The molecule has 0 spiro atoms. The van der Waals surface area contributed by atoms with Crippen LogP contribution in [0.5, 0.6) is 0 Å². The Morgan fingerprint density at radius 3 is 2.63 bits per heavy atom. The third kappa shape index (κ3) is 3.29. The van der Waals surface area contributed by atoms with E-state index in [0.29, 0.717) is 12.1 Å². The van der Waals surface area contributed by atoms with Crippen LogP contribution in [0.25, 0.3) is 11.0 Å². The van der Waals surface area contributed by atoms with E-state index >= 15 is 0 Å². The number of hydrogen-bond donors (Lipinski definition) is 2. The number of hydrazine groups is 1.